The molecule has 2 aromatic carbocycles. The number of phenols is 1. The number of rotatable bonds is 3. The van der Waals surface area contributed by atoms with E-state index in [1.165, 1.54) is 12.1 Å². The average Bonchev–Trinajstić information content (AvgIpc) is 2.85. The predicted octanol–water partition coefficient (Wildman–Crippen LogP) is 1.76. The normalized spacial score (nSPS) is 15.7. The first-order chi connectivity index (χ1) is 11.5. The van der Waals surface area contributed by atoms with Gasteiger partial charge < -0.3 is 5.11 Å². The Kier molecular flexibility index (Phi) is 3.70. The molecule has 1 fully saturated rings. The lowest BCUT2D eigenvalue weighted by atomic mass is 10.1. The van der Waals surface area contributed by atoms with Crippen molar-refractivity contribution >= 4 is 29.3 Å². The van der Waals surface area contributed by atoms with Crippen molar-refractivity contribution in [3.8, 4) is 5.75 Å². The number of amides is 2. The fraction of sp³-hybridized carbons (Fsp3) is 0. The van der Waals surface area contributed by atoms with Crippen LogP contribution in [0.1, 0.15) is 5.56 Å². The molecule has 8 heteroatoms. The highest BCUT2D eigenvalue weighted by Crippen LogP contribution is 2.31. The van der Waals surface area contributed by atoms with Gasteiger partial charge in [0.05, 0.1) is 10.6 Å². The van der Waals surface area contributed by atoms with E-state index >= 15 is 0 Å². The van der Waals surface area contributed by atoms with Gasteiger partial charge in [-0.05, 0) is 18.2 Å². The summed E-state index contributed by atoms with van der Waals surface area (Å²) in [6, 6.07) is 12.3. The molecule has 0 spiro atoms. The molecule has 1 aliphatic heterocycles. The zero-order chi connectivity index (χ0) is 17.3. The van der Waals surface area contributed by atoms with Gasteiger partial charge in [0, 0.05) is 11.6 Å². The second-order valence-electron chi connectivity index (χ2n) is 4.95. The van der Waals surface area contributed by atoms with E-state index in [0.29, 0.717) is 5.69 Å². The van der Waals surface area contributed by atoms with Crippen molar-refractivity contribution in [2.45, 2.75) is 0 Å². The van der Waals surface area contributed by atoms with E-state index in [0.717, 1.165) is 17.2 Å². The Morgan fingerprint density at radius 2 is 1.79 bits per heavy atom. The van der Waals surface area contributed by atoms with Crippen LogP contribution in [-0.4, -0.2) is 21.8 Å². The van der Waals surface area contributed by atoms with Crippen LogP contribution < -0.4 is 10.4 Å². The molecule has 0 atom stereocenters. The Balaban J connectivity index is 2.00. The first kappa shape index (κ1) is 15.2. The summed E-state index contributed by atoms with van der Waals surface area (Å²) >= 11 is 0. The predicted molar refractivity (Wildman–Crippen MR) is 84.8 cm³/mol. The highest BCUT2D eigenvalue weighted by molar-refractivity contribution is 6.31. The number of nitrogens with zero attached hydrogens (tertiary/aromatic N) is 2. The van der Waals surface area contributed by atoms with Crippen LogP contribution in [0, 0.1) is 10.1 Å². The second kappa shape index (κ2) is 5.84. The molecule has 1 saturated heterocycles. The van der Waals surface area contributed by atoms with Crippen molar-refractivity contribution in [1.82, 2.24) is 5.43 Å². The number of carbonyl (C=O) groups excluding carboxylic acids is 2. The Labute approximate surface area is 135 Å². The third-order valence-electron chi connectivity index (χ3n) is 3.45. The summed E-state index contributed by atoms with van der Waals surface area (Å²) < 4.78 is 0. The summed E-state index contributed by atoms with van der Waals surface area (Å²) in [7, 11) is 0. The molecule has 0 bridgehead atoms. The van der Waals surface area contributed by atoms with Crippen molar-refractivity contribution < 1.29 is 19.6 Å². The van der Waals surface area contributed by atoms with E-state index in [1.54, 1.807) is 30.3 Å². The summed E-state index contributed by atoms with van der Waals surface area (Å²) in [5.41, 5.74) is 2.16. The number of nitro groups is 1. The number of nitro benzene ring substituents is 1. The van der Waals surface area contributed by atoms with Gasteiger partial charge in [0.2, 0.25) is 5.75 Å². The molecular weight excluding hydrogens is 314 g/mol. The highest BCUT2D eigenvalue weighted by atomic mass is 16.6. The summed E-state index contributed by atoms with van der Waals surface area (Å²) in [6.45, 7) is 0. The molecular formula is C16H11N3O5. The number of hydrogen-bond donors (Lipinski definition) is 2. The molecule has 0 aliphatic carbocycles. The number of anilines is 1. The number of hydrogen-bond acceptors (Lipinski definition) is 5. The number of nitrogens with one attached hydrogen (secondary N) is 1. The maximum absolute atomic E-state index is 12.4. The smallest absolute Gasteiger partial charge is 0.311 e. The van der Waals surface area contributed by atoms with Crippen LogP contribution in [0.3, 0.4) is 0 Å². The maximum Gasteiger partial charge on any atom is 0.311 e. The van der Waals surface area contributed by atoms with Crippen molar-refractivity contribution in [2.24, 2.45) is 0 Å². The lowest BCUT2D eigenvalue weighted by Crippen LogP contribution is -2.35. The molecule has 0 aromatic heterocycles. The monoisotopic (exact) mass is 325 g/mol. The van der Waals surface area contributed by atoms with Crippen LogP contribution >= 0.6 is 0 Å². The quantitative estimate of drug-likeness (QED) is 0.386. The maximum atomic E-state index is 12.4. The number of hydrazine groups is 1. The van der Waals surface area contributed by atoms with Gasteiger partial charge in [0.25, 0.3) is 11.8 Å². The Morgan fingerprint density at radius 1 is 1.08 bits per heavy atom. The third kappa shape index (κ3) is 2.56. The molecule has 1 heterocycles. The van der Waals surface area contributed by atoms with Crippen molar-refractivity contribution in [1.29, 1.82) is 0 Å². The van der Waals surface area contributed by atoms with Crippen molar-refractivity contribution in [3.05, 3.63) is 69.8 Å². The summed E-state index contributed by atoms with van der Waals surface area (Å²) in [4.78, 5) is 34.6. The van der Waals surface area contributed by atoms with E-state index in [2.05, 4.69) is 5.43 Å². The van der Waals surface area contributed by atoms with Crippen molar-refractivity contribution in [3.63, 3.8) is 0 Å². The van der Waals surface area contributed by atoms with Crippen LogP contribution in [0.15, 0.2) is 54.1 Å². The highest BCUT2D eigenvalue weighted by Gasteiger charge is 2.34. The SMILES string of the molecule is O=C1NN(c2ccccc2)C(=O)C1=Cc1cccc([N+](=O)[O-])c1O. The van der Waals surface area contributed by atoms with Gasteiger partial charge in [-0.25, -0.2) is 5.01 Å². The Hall–Kier alpha value is -3.68. The van der Waals surface area contributed by atoms with Gasteiger partial charge in [-0.1, -0.05) is 30.3 Å². The van der Waals surface area contributed by atoms with E-state index in [1.807, 2.05) is 0 Å². The van der Waals surface area contributed by atoms with Crippen LogP contribution in [-0.2, 0) is 9.59 Å². The minimum absolute atomic E-state index is 0.0117. The topological polar surface area (TPSA) is 113 Å². The molecule has 24 heavy (non-hydrogen) atoms. The molecule has 0 saturated carbocycles. The van der Waals surface area contributed by atoms with Crippen LogP contribution in [0.2, 0.25) is 0 Å². The zero-order valence-corrected chi connectivity index (χ0v) is 12.2. The lowest BCUT2D eigenvalue weighted by Gasteiger charge is -2.13. The van der Waals surface area contributed by atoms with Gasteiger partial charge in [-0.2, -0.15) is 0 Å². The largest absolute Gasteiger partial charge is 0.502 e. The molecule has 3 rings (SSSR count). The van der Waals surface area contributed by atoms with Gasteiger partial charge in [0.1, 0.15) is 5.57 Å². The minimum atomic E-state index is -0.746. The first-order valence-corrected chi connectivity index (χ1v) is 6.87. The summed E-state index contributed by atoms with van der Waals surface area (Å²) in [5, 5.41) is 21.9. The Bertz CT molecular complexity index is 877. The van der Waals surface area contributed by atoms with Gasteiger partial charge >= 0.3 is 5.69 Å². The summed E-state index contributed by atoms with van der Waals surface area (Å²) in [6.07, 6.45) is 1.13. The molecule has 2 amide bonds. The van der Waals surface area contributed by atoms with Gasteiger partial charge in [-0.15, -0.1) is 0 Å². The van der Waals surface area contributed by atoms with E-state index < -0.39 is 28.2 Å². The summed E-state index contributed by atoms with van der Waals surface area (Å²) in [5.74, 6) is -1.87. The number of carbonyl (C=O) groups is 2. The zero-order valence-electron chi connectivity index (χ0n) is 12.2. The van der Waals surface area contributed by atoms with Crippen LogP contribution in [0.5, 0.6) is 5.75 Å². The van der Waals surface area contributed by atoms with E-state index in [-0.39, 0.29) is 11.1 Å². The standard InChI is InChI=1S/C16H11N3O5/c20-14-10(5-4-8-13(14)19(23)24)9-12-15(21)17-18(16(12)22)11-6-2-1-3-7-11/h1-9,20H,(H,17,21). The number of para-hydroxylation sites is 2. The number of aromatic hydroxyl groups is 1. The first-order valence-electron chi connectivity index (χ1n) is 6.87. The second-order valence-corrected chi connectivity index (χ2v) is 4.95. The van der Waals surface area contributed by atoms with Crippen LogP contribution in [0.25, 0.3) is 6.08 Å². The van der Waals surface area contributed by atoms with Gasteiger partial charge in [-0.3, -0.25) is 25.1 Å². The molecule has 120 valence electrons. The number of phenolic OH excluding ortho intramolecular Hbond substituents is 1. The van der Waals surface area contributed by atoms with E-state index in [4.69, 9.17) is 0 Å². The average molecular weight is 325 g/mol. The Morgan fingerprint density at radius 3 is 2.46 bits per heavy atom. The number of benzene rings is 2. The fourth-order valence-corrected chi connectivity index (χ4v) is 2.28. The molecule has 1 aliphatic rings. The molecule has 2 aromatic rings. The fourth-order valence-electron chi connectivity index (χ4n) is 2.28. The minimum Gasteiger partial charge on any atom is -0.502 e. The van der Waals surface area contributed by atoms with Crippen molar-refractivity contribution in [2.75, 3.05) is 5.01 Å². The van der Waals surface area contributed by atoms with Crippen LogP contribution in [0.4, 0.5) is 11.4 Å². The molecule has 0 unspecified atom stereocenters. The molecule has 8 nitrogen and oxygen atoms in total. The lowest BCUT2D eigenvalue weighted by molar-refractivity contribution is -0.385. The molecule has 2 N–H and O–H groups in total. The van der Waals surface area contributed by atoms with Gasteiger partial charge in [0.15, 0.2) is 0 Å². The third-order valence-corrected chi connectivity index (χ3v) is 3.45. The molecule has 0 radical (unpaired) electrons. The van der Waals surface area contributed by atoms with E-state index in [9.17, 15) is 24.8 Å².